The number of aromatic carboxylic acids is 1. The third-order valence-corrected chi connectivity index (χ3v) is 2.79. The Balaban J connectivity index is 2.35. The van der Waals surface area contributed by atoms with Crippen LogP contribution < -0.4 is 0 Å². The van der Waals surface area contributed by atoms with Crippen molar-refractivity contribution in [2.75, 3.05) is 0 Å². The van der Waals surface area contributed by atoms with E-state index in [0.29, 0.717) is 12.1 Å². The van der Waals surface area contributed by atoms with E-state index in [1.807, 2.05) is 0 Å². The van der Waals surface area contributed by atoms with Crippen molar-refractivity contribution < 1.29 is 14.3 Å². The summed E-state index contributed by atoms with van der Waals surface area (Å²) in [7, 11) is 0. The second-order valence-corrected chi connectivity index (χ2v) is 4.71. The third-order valence-electron chi connectivity index (χ3n) is 2.24. The molecule has 1 heterocycles. The predicted octanol–water partition coefficient (Wildman–Crippen LogP) is 2.37. The lowest BCUT2D eigenvalue weighted by Gasteiger charge is -2.06. The molecule has 6 heteroatoms. The van der Waals surface area contributed by atoms with Crippen molar-refractivity contribution in [2.24, 2.45) is 0 Å². The summed E-state index contributed by atoms with van der Waals surface area (Å²) in [5.74, 6) is -1.69. The summed E-state index contributed by atoms with van der Waals surface area (Å²) in [6.07, 6.45) is 3.46. The number of rotatable bonds is 3. The van der Waals surface area contributed by atoms with Crippen molar-refractivity contribution in [3.8, 4) is 0 Å². The highest BCUT2D eigenvalue weighted by atomic mass is 127. The number of halogens is 2. The van der Waals surface area contributed by atoms with E-state index in [1.165, 1.54) is 12.1 Å². The normalized spacial score (nSPS) is 10.5. The molecule has 4 nitrogen and oxygen atoms in total. The fourth-order valence-electron chi connectivity index (χ4n) is 1.48. The average Bonchev–Trinajstić information content (AvgIpc) is 2.66. The summed E-state index contributed by atoms with van der Waals surface area (Å²) < 4.78 is 15.5. The van der Waals surface area contributed by atoms with Crippen LogP contribution in [0, 0.1) is 9.39 Å². The van der Waals surface area contributed by atoms with Crippen LogP contribution in [0.3, 0.4) is 0 Å². The minimum Gasteiger partial charge on any atom is -0.478 e. The Morgan fingerprint density at radius 3 is 2.88 bits per heavy atom. The van der Waals surface area contributed by atoms with E-state index in [1.54, 1.807) is 17.1 Å². The van der Waals surface area contributed by atoms with Crippen LogP contribution in [-0.4, -0.2) is 20.9 Å². The molecule has 0 aliphatic heterocycles. The maximum absolute atomic E-state index is 13.0. The minimum atomic E-state index is -1.14. The number of benzene rings is 1. The quantitative estimate of drug-likeness (QED) is 0.869. The van der Waals surface area contributed by atoms with Crippen molar-refractivity contribution in [1.82, 2.24) is 9.78 Å². The summed E-state index contributed by atoms with van der Waals surface area (Å²) in [5.41, 5.74) is 0.494. The van der Waals surface area contributed by atoms with Gasteiger partial charge < -0.3 is 5.11 Å². The molecule has 0 aliphatic rings. The van der Waals surface area contributed by atoms with Crippen LogP contribution in [0.1, 0.15) is 15.9 Å². The molecule has 17 heavy (non-hydrogen) atoms. The Bertz CT molecular complexity index is 568. The van der Waals surface area contributed by atoms with Crippen molar-refractivity contribution >= 4 is 28.6 Å². The van der Waals surface area contributed by atoms with E-state index in [0.717, 1.165) is 9.64 Å². The topological polar surface area (TPSA) is 55.1 Å². The molecule has 0 bridgehead atoms. The van der Waals surface area contributed by atoms with E-state index in [9.17, 15) is 9.18 Å². The van der Waals surface area contributed by atoms with Gasteiger partial charge in [0.15, 0.2) is 0 Å². The van der Waals surface area contributed by atoms with Crippen molar-refractivity contribution in [2.45, 2.75) is 6.54 Å². The smallest absolute Gasteiger partial charge is 0.336 e. The molecular weight excluding hydrogens is 338 g/mol. The number of aromatic nitrogens is 2. The highest BCUT2D eigenvalue weighted by Crippen LogP contribution is 2.13. The zero-order valence-electron chi connectivity index (χ0n) is 8.60. The van der Waals surface area contributed by atoms with Gasteiger partial charge in [0.2, 0.25) is 0 Å². The van der Waals surface area contributed by atoms with Gasteiger partial charge in [-0.25, -0.2) is 9.18 Å². The molecule has 0 amide bonds. The first kappa shape index (κ1) is 12.0. The first-order chi connectivity index (χ1) is 8.06. The highest BCUT2D eigenvalue weighted by molar-refractivity contribution is 14.1. The molecule has 88 valence electrons. The lowest BCUT2D eigenvalue weighted by Crippen LogP contribution is -2.08. The summed E-state index contributed by atoms with van der Waals surface area (Å²) in [6, 6.07) is 3.73. The Morgan fingerprint density at radius 1 is 1.53 bits per heavy atom. The molecule has 0 aliphatic carbocycles. The van der Waals surface area contributed by atoms with Crippen LogP contribution >= 0.6 is 22.6 Å². The molecule has 0 radical (unpaired) electrons. The van der Waals surface area contributed by atoms with Gasteiger partial charge in [0.25, 0.3) is 0 Å². The molecule has 2 aromatic rings. The molecule has 0 spiro atoms. The zero-order valence-corrected chi connectivity index (χ0v) is 10.8. The Hall–Kier alpha value is -1.44. The van der Waals surface area contributed by atoms with Gasteiger partial charge in [0.1, 0.15) is 5.82 Å². The second-order valence-electron chi connectivity index (χ2n) is 3.46. The Labute approximate surface area is 110 Å². The van der Waals surface area contributed by atoms with Crippen LogP contribution in [-0.2, 0) is 6.54 Å². The molecule has 0 fully saturated rings. The Kier molecular flexibility index (Phi) is 3.41. The lowest BCUT2D eigenvalue weighted by atomic mass is 10.1. The summed E-state index contributed by atoms with van der Waals surface area (Å²) in [5, 5.41) is 13.0. The van der Waals surface area contributed by atoms with Gasteiger partial charge in [-0.15, -0.1) is 0 Å². The van der Waals surface area contributed by atoms with Crippen LogP contribution in [0.15, 0.2) is 30.6 Å². The van der Waals surface area contributed by atoms with Crippen molar-refractivity contribution in [1.29, 1.82) is 0 Å². The molecule has 1 aromatic heterocycles. The van der Waals surface area contributed by atoms with Crippen LogP contribution in [0.2, 0.25) is 0 Å². The van der Waals surface area contributed by atoms with Gasteiger partial charge in [0.05, 0.1) is 21.9 Å². The molecule has 0 saturated carbocycles. The van der Waals surface area contributed by atoms with Crippen molar-refractivity contribution in [3.05, 3.63) is 51.1 Å². The minimum absolute atomic E-state index is 0.0319. The molecule has 2 rings (SSSR count). The van der Waals surface area contributed by atoms with E-state index in [-0.39, 0.29) is 5.56 Å². The third kappa shape index (κ3) is 2.82. The summed E-state index contributed by atoms with van der Waals surface area (Å²) in [4.78, 5) is 11.0. The zero-order chi connectivity index (χ0) is 12.4. The van der Waals surface area contributed by atoms with Gasteiger partial charge in [-0.1, -0.05) is 6.07 Å². The monoisotopic (exact) mass is 346 g/mol. The lowest BCUT2D eigenvalue weighted by molar-refractivity contribution is 0.0695. The highest BCUT2D eigenvalue weighted by Gasteiger charge is 2.11. The number of hydrogen-bond donors (Lipinski definition) is 1. The molecule has 0 atom stereocenters. The second kappa shape index (κ2) is 4.82. The van der Waals surface area contributed by atoms with Gasteiger partial charge in [-0.05, 0) is 40.3 Å². The van der Waals surface area contributed by atoms with Gasteiger partial charge in [-0.2, -0.15) is 5.10 Å². The first-order valence-corrected chi connectivity index (χ1v) is 5.84. The predicted molar refractivity (Wildman–Crippen MR) is 67.4 cm³/mol. The fourth-order valence-corrected chi connectivity index (χ4v) is 1.93. The Morgan fingerprint density at radius 2 is 2.29 bits per heavy atom. The van der Waals surface area contributed by atoms with Crippen LogP contribution in [0.25, 0.3) is 0 Å². The van der Waals surface area contributed by atoms with Gasteiger partial charge >= 0.3 is 5.97 Å². The van der Waals surface area contributed by atoms with E-state index < -0.39 is 11.8 Å². The van der Waals surface area contributed by atoms with Gasteiger partial charge in [0, 0.05) is 6.20 Å². The van der Waals surface area contributed by atoms with Crippen LogP contribution in [0.4, 0.5) is 4.39 Å². The van der Waals surface area contributed by atoms with E-state index in [4.69, 9.17) is 5.11 Å². The number of hydrogen-bond acceptors (Lipinski definition) is 2. The van der Waals surface area contributed by atoms with Crippen molar-refractivity contribution in [3.63, 3.8) is 0 Å². The molecule has 1 N–H and O–H groups in total. The number of carbonyl (C=O) groups is 1. The first-order valence-electron chi connectivity index (χ1n) is 4.76. The molecule has 1 aromatic carbocycles. The largest absolute Gasteiger partial charge is 0.478 e. The maximum atomic E-state index is 13.0. The van der Waals surface area contributed by atoms with Crippen LogP contribution in [0.5, 0.6) is 0 Å². The van der Waals surface area contributed by atoms with Gasteiger partial charge in [-0.3, -0.25) is 4.68 Å². The number of carboxylic acid groups (broad SMARTS) is 1. The number of nitrogens with zero attached hydrogens (tertiary/aromatic N) is 2. The SMILES string of the molecule is O=C(O)c1cc(F)ccc1Cn1cc(I)cn1. The van der Waals surface area contributed by atoms with E-state index in [2.05, 4.69) is 27.7 Å². The molecular formula is C11H8FIN2O2. The molecule has 0 saturated heterocycles. The maximum Gasteiger partial charge on any atom is 0.336 e. The number of carboxylic acids is 1. The standard InChI is InChI=1S/C11H8FIN2O2/c12-8-2-1-7(10(3-8)11(16)17)5-15-6-9(13)4-14-15/h1-4,6H,5H2,(H,16,17). The van der Waals surface area contributed by atoms with E-state index >= 15 is 0 Å². The average molecular weight is 346 g/mol. The molecule has 0 unspecified atom stereocenters. The summed E-state index contributed by atoms with van der Waals surface area (Å²) in [6.45, 7) is 0.310. The fraction of sp³-hybridized carbons (Fsp3) is 0.0909. The summed E-state index contributed by atoms with van der Waals surface area (Å²) >= 11 is 2.11.